The van der Waals surface area contributed by atoms with E-state index in [0.29, 0.717) is 11.3 Å². The Balaban J connectivity index is 2.15. The minimum atomic E-state index is -0.352. The lowest BCUT2D eigenvalue weighted by molar-refractivity contribution is 0.138. The van der Waals surface area contributed by atoms with E-state index in [2.05, 4.69) is 13.8 Å². The van der Waals surface area contributed by atoms with Crippen LogP contribution in [0.4, 0.5) is 0 Å². The molecule has 2 unspecified atom stereocenters. The molecule has 0 spiro atoms. The summed E-state index contributed by atoms with van der Waals surface area (Å²) in [6, 6.07) is 7.70. The van der Waals surface area contributed by atoms with Crippen LogP contribution in [0.1, 0.15) is 31.9 Å². The first-order valence-electron chi connectivity index (χ1n) is 5.36. The van der Waals surface area contributed by atoms with Gasteiger partial charge in [0.15, 0.2) is 0 Å². The molecule has 0 saturated heterocycles. The first-order chi connectivity index (χ1) is 7.04. The Labute approximate surface area is 90.9 Å². The van der Waals surface area contributed by atoms with Crippen LogP contribution >= 0.6 is 0 Å². The number of aliphatic hydroxyl groups excluding tert-OH is 1. The van der Waals surface area contributed by atoms with E-state index in [1.807, 2.05) is 24.3 Å². The molecule has 0 aliphatic heterocycles. The van der Waals surface area contributed by atoms with Crippen LogP contribution in [0, 0.1) is 11.3 Å². The summed E-state index contributed by atoms with van der Waals surface area (Å²) >= 11 is 0. The lowest BCUT2D eigenvalue weighted by Gasteiger charge is -2.13. The Morgan fingerprint density at radius 2 is 2.13 bits per heavy atom. The topological polar surface area (TPSA) is 29.5 Å². The van der Waals surface area contributed by atoms with Crippen molar-refractivity contribution in [3.63, 3.8) is 0 Å². The predicted octanol–water partition coefficient (Wildman–Crippen LogP) is 2.77. The van der Waals surface area contributed by atoms with Crippen molar-refractivity contribution >= 4 is 0 Å². The molecule has 2 heteroatoms. The molecule has 15 heavy (non-hydrogen) atoms. The second-order valence-electron chi connectivity index (χ2n) is 5.02. The van der Waals surface area contributed by atoms with Crippen molar-refractivity contribution in [1.82, 2.24) is 0 Å². The van der Waals surface area contributed by atoms with Gasteiger partial charge in [-0.15, -0.1) is 0 Å². The highest BCUT2D eigenvalue weighted by atomic mass is 16.5. The van der Waals surface area contributed by atoms with Gasteiger partial charge < -0.3 is 9.84 Å². The van der Waals surface area contributed by atoms with Gasteiger partial charge in [-0.3, -0.25) is 0 Å². The molecule has 2 nitrogen and oxygen atoms in total. The molecule has 1 N–H and O–H groups in total. The lowest BCUT2D eigenvalue weighted by Crippen LogP contribution is -2.04. The molecule has 1 aromatic rings. The van der Waals surface area contributed by atoms with E-state index in [0.717, 1.165) is 17.7 Å². The van der Waals surface area contributed by atoms with Crippen LogP contribution in [0.5, 0.6) is 5.75 Å². The highest BCUT2D eigenvalue weighted by Gasteiger charge is 2.50. The fourth-order valence-corrected chi connectivity index (χ4v) is 2.10. The van der Waals surface area contributed by atoms with Crippen molar-refractivity contribution in [3.05, 3.63) is 29.8 Å². The van der Waals surface area contributed by atoms with Gasteiger partial charge in [0.2, 0.25) is 0 Å². The van der Waals surface area contributed by atoms with Gasteiger partial charge in [0.25, 0.3) is 0 Å². The highest BCUT2D eigenvalue weighted by Crippen LogP contribution is 2.57. The van der Waals surface area contributed by atoms with Gasteiger partial charge in [-0.25, -0.2) is 0 Å². The molecule has 1 aromatic carbocycles. The second kappa shape index (κ2) is 3.53. The molecule has 0 radical (unpaired) electrons. The zero-order valence-corrected chi connectivity index (χ0v) is 9.53. The fourth-order valence-electron chi connectivity index (χ4n) is 2.10. The van der Waals surface area contributed by atoms with Crippen molar-refractivity contribution in [1.29, 1.82) is 0 Å². The van der Waals surface area contributed by atoms with E-state index in [-0.39, 0.29) is 6.10 Å². The number of aliphatic hydroxyl groups is 1. The van der Waals surface area contributed by atoms with E-state index in [1.165, 1.54) is 0 Å². The third kappa shape index (κ3) is 2.00. The van der Waals surface area contributed by atoms with Gasteiger partial charge in [-0.05, 0) is 35.4 Å². The third-order valence-electron chi connectivity index (χ3n) is 3.41. The molecule has 0 bridgehead atoms. The van der Waals surface area contributed by atoms with Crippen LogP contribution in [0.2, 0.25) is 0 Å². The summed E-state index contributed by atoms with van der Waals surface area (Å²) in [7, 11) is 1.65. The van der Waals surface area contributed by atoms with Crippen LogP contribution in [-0.2, 0) is 0 Å². The lowest BCUT2D eigenvalue weighted by atomic mass is 9.99. The number of ether oxygens (including phenoxy) is 1. The Kier molecular flexibility index (Phi) is 2.47. The normalized spacial score (nSPS) is 24.7. The van der Waals surface area contributed by atoms with Crippen molar-refractivity contribution in [2.24, 2.45) is 11.3 Å². The van der Waals surface area contributed by atoms with Gasteiger partial charge in [0.05, 0.1) is 13.2 Å². The molecule has 1 aliphatic carbocycles. The fraction of sp³-hybridized carbons (Fsp3) is 0.538. The first kappa shape index (κ1) is 10.5. The summed E-state index contributed by atoms with van der Waals surface area (Å²) < 4.78 is 5.15. The summed E-state index contributed by atoms with van der Waals surface area (Å²) in [4.78, 5) is 0. The summed E-state index contributed by atoms with van der Waals surface area (Å²) in [5.41, 5.74) is 1.26. The van der Waals surface area contributed by atoms with Gasteiger partial charge >= 0.3 is 0 Å². The van der Waals surface area contributed by atoms with Crippen LogP contribution in [-0.4, -0.2) is 12.2 Å². The molecule has 82 valence electrons. The van der Waals surface area contributed by atoms with Crippen molar-refractivity contribution in [2.45, 2.75) is 26.4 Å². The van der Waals surface area contributed by atoms with E-state index in [4.69, 9.17) is 4.74 Å². The minimum absolute atomic E-state index is 0.294. The maximum absolute atomic E-state index is 10.2. The molecular formula is C13H18O2. The second-order valence-corrected chi connectivity index (χ2v) is 5.02. The summed E-state index contributed by atoms with van der Waals surface area (Å²) in [6.07, 6.45) is 0.751. The zero-order valence-electron chi connectivity index (χ0n) is 9.53. The van der Waals surface area contributed by atoms with E-state index >= 15 is 0 Å². The molecular weight excluding hydrogens is 188 g/mol. The standard InChI is InChI=1S/C13H18O2/c1-13(2)8-11(13)12(14)9-5-4-6-10(7-9)15-3/h4-7,11-12,14H,8H2,1-3H3. The number of hydrogen-bond donors (Lipinski definition) is 1. The summed E-state index contributed by atoms with van der Waals surface area (Å²) in [5.74, 6) is 1.20. The van der Waals surface area contributed by atoms with E-state index in [9.17, 15) is 5.11 Å². The van der Waals surface area contributed by atoms with Gasteiger partial charge in [0.1, 0.15) is 5.75 Å². The third-order valence-corrected chi connectivity index (χ3v) is 3.41. The largest absolute Gasteiger partial charge is 0.497 e. The molecule has 0 heterocycles. The maximum atomic E-state index is 10.2. The molecule has 1 fully saturated rings. The van der Waals surface area contributed by atoms with Crippen LogP contribution in [0.3, 0.4) is 0 Å². The first-order valence-corrected chi connectivity index (χ1v) is 5.36. The van der Waals surface area contributed by atoms with Crippen LogP contribution in [0.25, 0.3) is 0 Å². The summed E-state index contributed by atoms with van der Waals surface area (Å²) in [6.45, 7) is 4.39. The number of methoxy groups -OCH3 is 1. The van der Waals surface area contributed by atoms with Crippen molar-refractivity contribution in [2.75, 3.05) is 7.11 Å². The van der Waals surface area contributed by atoms with E-state index in [1.54, 1.807) is 7.11 Å². The van der Waals surface area contributed by atoms with Crippen LogP contribution in [0.15, 0.2) is 24.3 Å². The summed E-state index contributed by atoms with van der Waals surface area (Å²) in [5, 5.41) is 10.2. The molecule has 2 atom stereocenters. The Morgan fingerprint density at radius 3 is 2.67 bits per heavy atom. The average molecular weight is 206 g/mol. The van der Waals surface area contributed by atoms with Gasteiger partial charge in [-0.1, -0.05) is 26.0 Å². The van der Waals surface area contributed by atoms with E-state index < -0.39 is 0 Å². The molecule has 2 rings (SSSR count). The quantitative estimate of drug-likeness (QED) is 0.824. The van der Waals surface area contributed by atoms with Crippen molar-refractivity contribution < 1.29 is 9.84 Å². The highest BCUT2D eigenvalue weighted by molar-refractivity contribution is 5.31. The smallest absolute Gasteiger partial charge is 0.119 e. The zero-order chi connectivity index (χ0) is 11.1. The van der Waals surface area contributed by atoms with Gasteiger partial charge in [-0.2, -0.15) is 0 Å². The Bertz CT molecular complexity index is 357. The number of rotatable bonds is 3. The minimum Gasteiger partial charge on any atom is -0.497 e. The average Bonchev–Trinajstić information content (AvgIpc) is 2.87. The Morgan fingerprint density at radius 1 is 1.47 bits per heavy atom. The van der Waals surface area contributed by atoms with Crippen LogP contribution < -0.4 is 4.74 Å². The predicted molar refractivity (Wildman–Crippen MR) is 59.8 cm³/mol. The molecule has 0 aromatic heterocycles. The monoisotopic (exact) mass is 206 g/mol. The molecule has 0 amide bonds. The maximum Gasteiger partial charge on any atom is 0.119 e. The molecule has 1 saturated carbocycles. The number of hydrogen-bond acceptors (Lipinski definition) is 2. The SMILES string of the molecule is COc1cccc(C(O)C2CC2(C)C)c1. The van der Waals surface area contributed by atoms with Crippen molar-refractivity contribution in [3.8, 4) is 5.75 Å². The van der Waals surface area contributed by atoms with Gasteiger partial charge in [0, 0.05) is 0 Å². The Hall–Kier alpha value is -1.02. The number of benzene rings is 1. The molecule has 1 aliphatic rings.